The summed E-state index contributed by atoms with van der Waals surface area (Å²) >= 11 is 0. The maximum Gasteiger partial charge on any atom is 0.259 e. The Labute approximate surface area is 134 Å². The van der Waals surface area contributed by atoms with Gasteiger partial charge in [0.25, 0.3) is 5.91 Å². The highest BCUT2D eigenvalue weighted by Crippen LogP contribution is 2.24. The summed E-state index contributed by atoms with van der Waals surface area (Å²) in [6.45, 7) is 4.48. The molecule has 0 radical (unpaired) electrons. The number of nitrogens with zero attached hydrogens (tertiary/aromatic N) is 4. The molecule has 3 rings (SSSR count). The molecule has 1 amide bonds. The standard InChI is InChI=1S/C16H20N4O3/c1-3-13-15(10(2)23-19-13)16(22)20-8-11(14(21)9-20)6-12-7-17-4-5-18-12/h4-5,7,11,14,21H,3,6,8-9H2,1-2H3/t11-,14-/m1/s1. The summed E-state index contributed by atoms with van der Waals surface area (Å²) < 4.78 is 5.14. The molecule has 1 aliphatic heterocycles. The van der Waals surface area contributed by atoms with Gasteiger partial charge in [0.2, 0.25) is 0 Å². The van der Waals surface area contributed by atoms with Crippen molar-refractivity contribution in [2.75, 3.05) is 13.1 Å². The molecule has 3 heterocycles. The lowest BCUT2D eigenvalue weighted by atomic mass is 10.0. The van der Waals surface area contributed by atoms with Gasteiger partial charge in [-0.1, -0.05) is 12.1 Å². The lowest BCUT2D eigenvalue weighted by Crippen LogP contribution is -2.30. The minimum absolute atomic E-state index is 0.0408. The van der Waals surface area contributed by atoms with E-state index in [4.69, 9.17) is 4.52 Å². The number of aryl methyl sites for hydroxylation is 2. The van der Waals surface area contributed by atoms with E-state index < -0.39 is 6.10 Å². The molecule has 2 atom stereocenters. The Hall–Kier alpha value is -2.28. The van der Waals surface area contributed by atoms with E-state index in [0.29, 0.717) is 42.9 Å². The zero-order valence-corrected chi connectivity index (χ0v) is 13.3. The van der Waals surface area contributed by atoms with E-state index in [0.717, 1.165) is 5.69 Å². The number of aliphatic hydroxyl groups is 1. The molecule has 7 nitrogen and oxygen atoms in total. The van der Waals surface area contributed by atoms with Gasteiger partial charge in [-0.15, -0.1) is 0 Å². The largest absolute Gasteiger partial charge is 0.391 e. The van der Waals surface area contributed by atoms with Crippen LogP contribution in [0.4, 0.5) is 0 Å². The number of aromatic nitrogens is 3. The molecule has 1 N–H and O–H groups in total. The van der Waals surface area contributed by atoms with E-state index >= 15 is 0 Å². The van der Waals surface area contributed by atoms with Crippen molar-refractivity contribution in [1.29, 1.82) is 0 Å². The second-order valence-corrected chi connectivity index (χ2v) is 5.85. The van der Waals surface area contributed by atoms with Gasteiger partial charge in [0.1, 0.15) is 11.3 Å². The van der Waals surface area contributed by atoms with Crippen molar-refractivity contribution >= 4 is 5.91 Å². The average molecular weight is 316 g/mol. The maximum atomic E-state index is 12.7. The van der Waals surface area contributed by atoms with Crippen LogP contribution in [0.5, 0.6) is 0 Å². The first-order valence-electron chi connectivity index (χ1n) is 7.77. The number of β-amino-alcohol motifs (C(OH)–C–C–N with tert-alkyl or cyclic N) is 1. The molecule has 0 saturated carbocycles. The minimum Gasteiger partial charge on any atom is -0.391 e. The summed E-state index contributed by atoms with van der Waals surface area (Å²) in [6.07, 6.45) is 5.61. The highest BCUT2D eigenvalue weighted by molar-refractivity contribution is 5.96. The SMILES string of the molecule is CCc1noc(C)c1C(=O)N1C[C@@H](Cc2cnccn2)[C@H](O)C1. The average Bonchev–Trinajstić information content (AvgIpc) is 3.11. The monoisotopic (exact) mass is 316 g/mol. The van der Waals surface area contributed by atoms with Crippen LogP contribution in [0.3, 0.4) is 0 Å². The fourth-order valence-electron chi connectivity index (χ4n) is 3.02. The van der Waals surface area contributed by atoms with Crippen LogP contribution in [0.25, 0.3) is 0 Å². The fourth-order valence-corrected chi connectivity index (χ4v) is 3.02. The normalized spacial score (nSPS) is 20.9. The number of carbonyl (C=O) groups excluding carboxylic acids is 1. The molecular formula is C16H20N4O3. The number of hydrogen-bond donors (Lipinski definition) is 1. The predicted octanol–water partition coefficient (Wildman–Crippen LogP) is 1.01. The number of aliphatic hydroxyl groups excluding tert-OH is 1. The summed E-state index contributed by atoms with van der Waals surface area (Å²) in [7, 11) is 0. The smallest absolute Gasteiger partial charge is 0.259 e. The van der Waals surface area contributed by atoms with Crippen molar-refractivity contribution in [3.8, 4) is 0 Å². The first kappa shape index (κ1) is 15.6. The molecule has 2 aromatic rings. The molecule has 1 fully saturated rings. The van der Waals surface area contributed by atoms with E-state index in [2.05, 4.69) is 15.1 Å². The Bertz CT molecular complexity index is 686. The molecule has 1 aliphatic rings. The number of carbonyl (C=O) groups is 1. The lowest BCUT2D eigenvalue weighted by Gasteiger charge is -2.16. The van der Waals surface area contributed by atoms with E-state index in [9.17, 15) is 9.90 Å². The van der Waals surface area contributed by atoms with Crippen molar-refractivity contribution in [3.63, 3.8) is 0 Å². The fraction of sp³-hybridized carbons (Fsp3) is 0.500. The van der Waals surface area contributed by atoms with Gasteiger partial charge in [-0.05, 0) is 19.8 Å². The van der Waals surface area contributed by atoms with Gasteiger partial charge in [-0.25, -0.2) is 0 Å². The summed E-state index contributed by atoms with van der Waals surface area (Å²) in [5.74, 6) is 0.362. The summed E-state index contributed by atoms with van der Waals surface area (Å²) in [4.78, 5) is 22.7. The van der Waals surface area contributed by atoms with Gasteiger partial charge in [0, 0.05) is 37.6 Å². The molecule has 23 heavy (non-hydrogen) atoms. The van der Waals surface area contributed by atoms with Crippen LogP contribution in [-0.4, -0.2) is 50.2 Å². The van der Waals surface area contributed by atoms with Crippen LogP contribution < -0.4 is 0 Å². The Kier molecular flexibility index (Phi) is 4.38. The summed E-state index contributed by atoms with van der Waals surface area (Å²) in [5.41, 5.74) is 2.01. The van der Waals surface area contributed by atoms with Crippen LogP contribution in [0.15, 0.2) is 23.1 Å². The number of hydrogen-bond acceptors (Lipinski definition) is 6. The van der Waals surface area contributed by atoms with Crippen LogP contribution in [0.2, 0.25) is 0 Å². The van der Waals surface area contributed by atoms with Crippen LogP contribution >= 0.6 is 0 Å². The van der Waals surface area contributed by atoms with Crippen molar-refractivity contribution in [3.05, 3.63) is 41.3 Å². The van der Waals surface area contributed by atoms with Gasteiger partial charge in [-0.3, -0.25) is 14.8 Å². The van der Waals surface area contributed by atoms with E-state index in [1.54, 1.807) is 30.4 Å². The highest BCUT2D eigenvalue weighted by Gasteiger charge is 2.36. The molecule has 0 spiro atoms. The summed E-state index contributed by atoms with van der Waals surface area (Å²) in [6, 6.07) is 0. The first-order chi connectivity index (χ1) is 11.1. The first-order valence-corrected chi connectivity index (χ1v) is 7.77. The van der Waals surface area contributed by atoms with Gasteiger partial charge in [0.05, 0.1) is 17.5 Å². The second kappa shape index (κ2) is 6.45. The van der Waals surface area contributed by atoms with Crippen molar-refractivity contribution in [2.24, 2.45) is 5.92 Å². The third-order valence-electron chi connectivity index (χ3n) is 4.26. The Morgan fingerprint density at radius 3 is 2.96 bits per heavy atom. The second-order valence-electron chi connectivity index (χ2n) is 5.85. The predicted molar refractivity (Wildman–Crippen MR) is 81.8 cm³/mol. The van der Waals surface area contributed by atoms with E-state index in [1.165, 1.54) is 0 Å². The van der Waals surface area contributed by atoms with Crippen molar-refractivity contribution in [2.45, 2.75) is 32.8 Å². The highest BCUT2D eigenvalue weighted by atomic mass is 16.5. The number of amides is 1. The molecule has 0 bridgehead atoms. The quantitative estimate of drug-likeness (QED) is 0.905. The third-order valence-corrected chi connectivity index (χ3v) is 4.26. The molecular weight excluding hydrogens is 296 g/mol. The zero-order chi connectivity index (χ0) is 16.4. The van der Waals surface area contributed by atoms with Gasteiger partial charge in [0.15, 0.2) is 0 Å². The zero-order valence-electron chi connectivity index (χ0n) is 13.3. The van der Waals surface area contributed by atoms with Crippen molar-refractivity contribution in [1.82, 2.24) is 20.0 Å². The molecule has 2 aromatic heterocycles. The molecule has 1 saturated heterocycles. The van der Waals surface area contributed by atoms with Gasteiger partial charge < -0.3 is 14.5 Å². The molecule has 7 heteroatoms. The van der Waals surface area contributed by atoms with E-state index in [-0.39, 0.29) is 11.8 Å². The Balaban J connectivity index is 1.73. The lowest BCUT2D eigenvalue weighted by molar-refractivity contribution is 0.0762. The topological polar surface area (TPSA) is 92.4 Å². The van der Waals surface area contributed by atoms with E-state index in [1.807, 2.05) is 6.92 Å². The third kappa shape index (κ3) is 3.10. The van der Waals surface area contributed by atoms with Gasteiger partial charge in [-0.2, -0.15) is 0 Å². The van der Waals surface area contributed by atoms with Crippen LogP contribution in [0.1, 0.15) is 34.4 Å². The summed E-state index contributed by atoms with van der Waals surface area (Å²) in [5, 5.41) is 14.2. The molecule has 0 aliphatic carbocycles. The Morgan fingerprint density at radius 2 is 2.26 bits per heavy atom. The minimum atomic E-state index is -0.564. The number of likely N-dealkylation sites (tertiary alicyclic amines) is 1. The molecule has 0 aromatic carbocycles. The molecule has 0 unspecified atom stereocenters. The van der Waals surface area contributed by atoms with Crippen LogP contribution in [-0.2, 0) is 12.8 Å². The number of rotatable bonds is 4. The van der Waals surface area contributed by atoms with Gasteiger partial charge >= 0.3 is 0 Å². The Morgan fingerprint density at radius 1 is 1.43 bits per heavy atom. The van der Waals surface area contributed by atoms with Crippen LogP contribution in [0, 0.1) is 12.8 Å². The molecule has 122 valence electrons. The van der Waals surface area contributed by atoms with Crippen molar-refractivity contribution < 1.29 is 14.4 Å². The maximum absolute atomic E-state index is 12.7.